The third-order valence-electron chi connectivity index (χ3n) is 2.18. The molecule has 4 heteroatoms. The standard InChI is InChI=1S/C13H19F2NO/c1-8(2)7-17-13-11(14)5-10(4-9(3)16)6-12(13)15/h5-6,8-9H,4,7,16H2,1-3H3. The number of nitrogens with two attached hydrogens (primary N) is 1. The van der Waals surface area contributed by atoms with E-state index in [0.717, 1.165) is 0 Å². The molecule has 0 saturated heterocycles. The van der Waals surface area contributed by atoms with Gasteiger partial charge in [0.15, 0.2) is 17.4 Å². The Hall–Kier alpha value is -1.16. The topological polar surface area (TPSA) is 35.2 Å². The van der Waals surface area contributed by atoms with Crippen molar-refractivity contribution in [3.05, 3.63) is 29.3 Å². The molecule has 2 nitrogen and oxygen atoms in total. The fourth-order valence-electron chi connectivity index (χ4n) is 1.49. The molecule has 0 fully saturated rings. The van der Waals surface area contributed by atoms with E-state index in [1.165, 1.54) is 12.1 Å². The molecular weight excluding hydrogens is 224 g/mol. The van der Waals surface area contributed by atoms with Crippen molar-refractivity contribution >= 4 is 0 Å². The Bertz CT molecular complexity index is 355. The number of hydrogen-bond acceptors (Lipinski definition) is 2. The summed E-state index contributed by atoms with van der Waals surface area (Å²) in [7, 11) is 0. The summed E-state index contributed by atoms with van der Waals surface area (Å²) in [6.45, 7) is 5.92. The van der Waals surface area contributed by atoms with Crippen LogP contribution in [0.25, 0.3) is 0 Å². The van der Waals surface area contributed by atoms with E-state index in [4.69, 9.17) is 10.5 Å². The molecule has 0 amide bonds. The predicted molar refractivity (Wildman–Crippen MR) is 64.0 cm³/mol. The van der Waals surface area contributed by atoms with Crippen LogP contribution in [0.1, 0.15) is 26.3 Å². The Balaban J connectivity index is 2.86. The SMILES string of the molecule is CC(C)COc1c(F)cc(CC(C)N)cc1F. The first-order valence-corrected chi connectivity index (χ1v) is 5.76. The van der Waals surface area contributed by atoms with Crippen LogP contribution in [-0.2, 0) is 6.42 Å². The van der Waals surface area contributed by atoms with Crippen LogP contribution in [0.3, 0.4) is 0 Å². The second kappa shape index (κ2) is 5.96. The Kier molecular flexibility index (Phi) is 4.87. The molecule has 0 aliphatic carbocycles. The number of ether oxygens (including phenoxy) is 1. The Morgan fingerprint density at radius 3 is 2.12 bits per heavy atom. The highest BCUT2D eigenvalue weighted by molar-refractivity contribution is 5.31. The Morgan fingerprint density at radius 1 is 1.18 bits per heavy atom. The first-order valence-electron chi connectivity index (χ1n) is 5.76. The summed E-state index contributed by atoms with van der Waals surface area (Å²) in [4.78, 5) is 0. The van der Waals surface area contributed by atoms with Crippen LogP contribution in [0.15, 0.2) is 12.1 Å². The second-order valence-corrected chi connectivity index (χ2v) is 4.77. The predicted octanol–water partition coefficient (Wildman–Crippen LogP) is 2.89. The van der Waals surface area contributed by atoms with Gasteiger partial charge in [0.2, 0.25) is 0 Å². The molecule has 96 valence electrons. The molecule has 0 bridgehead atoms. The summed E-state index contributed by atoms with van der Waals surface area (Å²) in [6, 6.07) is 2.43. The maximum Gasteiger partial charge on any atom is 0.190 e. The average molecular weight is 243 g/mol. The minimum absolute atomic E-state index is 0.128. The molecule has 0 radical (unpaired) electrons. The van der Waals surface area contributed by atoms with Gasteiger partial charge >= 0.3 is 0 Å². The third kappa shape index (κ3) is 4.30. The van der Waals surface area contributed by atoms with E-state index in [1.54, 1.807) is 6.92 Å². The van der Waals surface area contributed by atoms with Crippen molar-refractivity contribution in [2.45, 2.75) is 33.2 Å². The van der Waals surface area contributed by atoms with Crippen molar-refractivity contribution in [1.82, 2.24) is 0 Å². The molecule has 1 atom stereocenters. The number of benzene rings is 1. The highest BCUT2D eigenvalue weighted by Gasteiger charge is 2.13. The van der Waals surface area contributed by atoms with Gasteiger partial charge in [0, 0.05) is 6.04 Å². The zero-order chi connectivity index (χ0) is 13.0. The molecule has 0 aliphatic rings. The third-order valence-corrected chi connectivity index (χ3v) is 2.18. The number of rotatable bonds is 5. The lowest BCUT2D eigenvalue weighted by Crippen LogP contribution is -2.18. The van der Waals surface area contributed by atoms with E-state index < -0.39 is 11.6 Å². The summed E-state index contributed by atoms with van der Waals surface area (Å²) in [5.41, 5.74) is 6.13. The molecule has 0 aliphatic heterocycles. The monoisotopic (exact) mass is 243 g/mol. The van der Waals surface area contributed by atoms with Gasteiger partial charge in [-0.25, -0.2) is 8.78 Å². The van der Waals surface area contributed by atoms with Crippen molar-refractivity contribution in [3.8, 4) is 5.75 Å². The van der Waals surface area contributed by atoms with Gasteiger partial charge in [0.25, 0.3) is 0 Å². The zero-order valence-corrected chi connectivity index (χ0v) is 10.5. The van der Waals surface area contributed by atoms with Crippen LogP contribution in [0.5, 0.6) is 5.75 Å². The fraction of sp³-hybridized carbons (Fsp3) is 0.538. The van der Waals surface area contributed by atoms with Gasteiger partial charge in [-0.2, -0.15) is 0 Å². The van der Waals surface area contributed by atoms with E-state index in [2.05, 4.69) is 0 Å². The number of hydrogen-bond donors (Lipinski definition) is 1. The first kappa shape index (κ1) is 13.9. The van der Waals surface area contributed by atoms with Gasteiger partial charge in [-0.1, -0.05) is 13.8 Å². The van der Waals surface area contributed by atoms with Crippen LogP contribution >= 0.6 is 0 Å². The van der Waals surface area contributed by atoms with E-state index in [9.17, 15) is 8.78 Å². The van der Waals surface area contributed by atoms with Crippen molar-refractivity contribution in [2.24, 2.45) is 11.7 Å². The molecule has 0 heterocycles. The molecule has 1 rings (SSSR count). The molecule has 0 spiro atoms. The molecule has 1 aromatic rings. The molecule has 2 N–H and O–H groups in total. The van der Waals surface area contributed by atoms with Gasteiger partial charge in [-0.3, -0.25) is 0 Å². The van der Waals surface area contributed by atoms with Crippen LogP contribution in [0, 0.1) is 17.6 Å². The van der Waals surface area contributed by atoms with Gasteiger partial charge in [0.05, 0.1) is 6.61 Å². The van der Waals surface area contributed by atoms with Gasteiger partial charge in [-0.05, 0) is 37.0 Å². The van der Waals surface area contributed by atoms with E-state index in [1.807, 2.05) is 13.8 Å². The summed E-state index contributed by atoms with van der Waals surface area (Å²) in [5, 5.41) is 0. The highest BCUT2D eigenvalue weighted by atomic mass is 19.1. The lowest BCUT2D eigenvalue weighted by atomic mass is 10.1. The van der Waals surface area contributed by atoms with Crippen molar-refractivity contribution in [1.29, 1.82) is 0 Å². The van der Waals surface area contributed by atoms with Crippen molar-refractivity contribution in [3.63, 3.8) is 0 Å². The summed E-state index contributed by atoms with van der Waals surface area (Å²) < 4.78 is 32.3. The quantitative estimate of drug-likeness (QED) is 0.863. The zero-order valence-electron chi connectivity index (χ0n) is 10.5. The van der Waals surface area contributed by atoms with Gasteiger partial charge < -0.3 is 10.5 Å². The second-order valence-electron chi connectivity index (χ2n) is 4.77. The Morgan fingerprint density at radius 2 is 1.71 bits per heavy atom. The number of halogens is 2. The highest BCUT2D eigenvalue weighted by Crippen LogP contribution is 2.24. The molecule has 17 heavy (non-hydrogen) atoms. The lowest BCUT2D eigenvalue weighted by Gasteiger charge is -2.12. The van der Waals surface area contributed by atoms with Crippen LogP contribution in [-0.4, -0.2) is 12.6 Å². The van der Waals surface area contributed by atoms with Crippen molar-refractivity contribution < 1.29 is 13.5 Å². The first-order chi connectivity index (χ1) is 7.90. The summed E-state index contributed by atoms with van der Waals surface area (Å²) in [6.07, 6.45) is 0.443. The van der Waals surface area contributed by atoms with Crippen molar-refractivity contribution in [2.75, 3.05) is 6.61 Å². The average Bonchev–Trinajstić information content (AvgIpc) is 2.14. The van der Waals surface area contributed by atoms with Crippen LogP contribution in [0.4, 0.5) is 8.78 Å². The van der Waals surface area contributed by atoms with Gasteiger partial charge in [0.1, 0.15) is 0 Å². The summed E-state index contributed by atoms with van der Waals surface area (Å²) >= 11 is 0. The maximum absolute atomic E-state index is 13.6. The van der Waals surface area contributed by atoms with Gasteiger partial charge in [-0.15, -0.1) is 0 Å². The molecular formula is C13H19F2NO. The normalized spacial score (nSPS) is 12.9. The maximum atomic E-state index is 13.6. The summed E-state index contributed by atoms with van der Waals surface area (Å²) in [5.74, 6) is -1.41. The van der Waals surface area contributed by atoms with Crippen LogP contribution < -0.4 is 10.5 Å². The largest absolute Gasteiger partial charge is 0.487 e. The minimum Gasteiger partial charge on any atom is -0.487 e. The van der Waals surface area contributed by atoms with E-state index in [-0.39, 0.29) is 17.7 Å². The molecule has 0 aromatic heterocycles. The molecule has 0 saturated carbocycles. The smallest absolute Gasteiger partial charge is 0.190 e. The Labute approximate surface area is 101 Å². The molecule has 1 unspecified atom stereocenters. The fourth-order valence-corrected chi connectivity index (χ4v) is 1.49. The lowest BCUT2D eigenvalue weighted by molar-refractivity contribution is 0.247. The van der Waals surface area contributed by atoms with E-state index in [0.29, 0.717) is 18.6 Å². The molecule has 1 aromatic carbocycles. The van der Waals surface area contributed by atoms with E-state index >= 15 is 0 Å². The van der Waals surface area contributed by atoms with Crippen LogP contribution in [0.2, 0.25) is 0 Å². The minimum atomic E-state index is -0.665.